The third kappa shape index (κ3) is 3.01. The van der Waals surface area contributed by atoms with Crippen molar-refractivity contribution in [3.8, 4) is 0 Å². The molecule has 1 rings (SSSR count). The molecule has 0 fully saturated rings. The van der Waals surface area contributed by atoms with E-state index in [0.717, 1.165) is 5.69 Å². The summed E-state index contributed by atoms with van der Waals surface area (Å²) in [5.41, 5.74) is 6.42. The molecule has 0 spiro atoms. The van der Waals surface area contributed by atoms with Crippen LogP contribution in [0.15, 0.2) is 24.3 Å². The summed E-state index contributed by atoms with van der Waals surface area (Å²) < 4.78 is 0. The smallest absolute Gasteiger partial charge is 0.252 e. The van der Waals surface area contributed by atoms with E-state index in [-0.39, 0.29) is 5.11 Å². The molecule has 0 aliphatic carbocycles. The Kier molecular flexibility index (Phi) is 3.22. The van der Waals surface area contributed by atoms with Crippen LogP contribution in [0, 0.1) is 0 Å². The Labute approximate surface area is 85.9 Å². The van der Waals surface area contributed by atoms with Gasteiger partial charge in [-0.25, -0.2) is 0 Å². The largest absolute Gasteiger partial charge is 0.376 e. The molecule has 0 aliphatic rings. The van der Waals surface area contributed by atoms with Crippen molar-refractivity contribution in [2.24, 2.45) is 5.73 Å². The molecule has 13 heavy (non-hydrogen) atoms. The van der Waals surface area contributed by atoms with Crippen molar-refractivity contribution in [1.82, 2.24) is 0 Å². The Balaban J connectivity index is 2.81. The van der Waals surface area contributed by atoms with E-state index in [1.807, 2.05) is 0 Å². The van der Waals surface area contributed by atoms with Gasteiger partial charge < -0.3 is 11.1 Å². The van der Waals surface area contributed by atoms with Crippen LogP contribution in [-0.2, 0) is 0 Å². The van der Waals surface area contributed by atoms with Gasteiger partial charge in [0.15, 0.2) is 5.11 Å². The second-order valence-electron chi connectivity index (χ2n) is 2.34. The fourth-order valence-corrected chi connectivity index (χ4v) is 1.07. The monoisotopic (exact) mass is 214 g/mol. The maximum absolute atomic E-state index is 10.7. The molecule has 0 heterocycles. The number of hydrogen-bond donors (Lipinski definition) is 2. The van der Waals surface area contributed by atoms with Crippen molar-refractivity contribution in [3.05, 3.63) is 29.8 Å². The molecule has 3 nitrogen and oxygen atoms in total. The number of benzene rings is 1. The summed E-state index contributed by atoms with van der Waals surface area (Å²) in [7, 11) is 0. The number of halogens is 1. The Morgan fingerprint density at radius 1 is 1.38 bits per heavy atom. The number of thiocarbonyl (C=S) groups is 1. The number of rotatable bonds is 2. The molecule has 0 atom stereocenters. The van der Waals surface area contributed by atoms with E-state index in [1.165, 1.54) is 0 Å². The van der Waals surface area contributed by atoms with E-state index in [9.17, 15) is 4.79 Å². The SMILES string of the molecule is NC(=S)Nc1ccc(C(=O)Cl)cc1. The molecule has 68 valence electrons. The third-order valence-electron chi connectivity index (χ3n) is 1.38. The van der Waals surface area contributed by atoms with Crippen LogP contribution in [0.4, 0.5) is 5.69 Å². The van der Waals surface area contributed by atoms with Gasteiger partial charge in [-0.3, -0.25) is 4.79 Å². The predicted octanol–water partition coefficient (Wildman–Crippen LogP) is 1.72. The second-order valence-corrected chi connectivity index (χ2v) is 3.12. The minimum absolute atomic E-state index is 0.185. The van der Waals surface area contributed by atoms with E-state index < -0.39 is 5.24 Å². The van der Waals surface area contributed by atoms with Crippen LogP contribution in [0.3, 0.4) is 0 Å². The molecule has 0 saturated heterocycles. The van der Waals surface area contributed by atoms with Crippen molar-refractivity contribution in [1.29, 1.82) is 0 Å². The standard InChI is InChI=1S/C8H7ClN2OS/c9-7(12)5-1-3-6(4-2-5)11-8(10)13/h1-4H,(H3,10,11,13). The molecule has 0 radical (unpaired) electrons. The van der Waals surface area contributed by atoms with E-state index in [4.69, 9.17) is 17.3 Å². The quantitative estimate of drug-likeness (QED) is 0.582. The van der Waals surface area contributed by atoms with Gasteiger partial charge in [0, 0.05) is 11.3 Å². The van der Waals surface area contributed by atoms with Crippen molar-refractivity contribution >= 4 is 39.9 Å². The van der Waals surface area contributed by atoms with Gasteiger partial charge in [-0.2, -0.15) is 0 Å². The van der Waals surface area contributed by atoms with Crippen LogP contribution >= 0.6 is 23.8 Å². The highest BCUT2D eigenvalue weighted by molar-refractivity contribution is 7.80. The highest BCUT2D eigenvalue weighted by Crippen LogP contribution is 2.10. The van der Waals surface area contributed by atoms with E-state index in [1.54, 1.807) is 24.3 Å². The molecule has 3 N–H and O–H groups in total. The lowest BCUT2D eigenvalue weighted by atomic mass is 10.2. The van der Waals surface area contributed by atoms with E-state index >= 15 is 0 Å². The number of nitrogens with one attached hydrogen (secondary N) is 1. The maximum Gasteiger partial charge on any atom is 0.252 e. The van der Waals surface area contributed by atoms with Crippen LogP contribution in [0.25, 0.3) is 0 Å². The zero-order chi connectivity index (χ0) is 9.84. The Morgan fingerprint density at radius 2 is 1.92 bits per heavy atom. The first-order valence-electron chi connectivity index (χ1n) is 3.46. The van der Waals surface area contributed by atoms with Crippen LogP contribution < -0.4 is 11.1 Å². The highest BCUT2D eigenvalue weighted by atomic mass is 35.5. The van der Waals surface area contributed by atoms with Crippen LogP contribution in [0.1, 0.15) is 10.4 Å². The first-order valence-corrected chi connectivity index (χ1v) is 4.24. The molecule has 0 unspecified atom stereocenters. The summed E-state index contributed by atoms with van der Waals surface area (Å²) in [4.78, 5) is 10.7. The first kappa shape index (κ1) is 9.95. The first-order chi connectivity index (χ1) is 6.09. The summed E-state index contributed by atoms with van der Waals surface area (Å²) in [6.45, 7) is 0. The van der Waals surface area contributed by atoms with Crippen molar-refractivity contribution in [2.75, 3.05) is 5.32 Å². The fourth-order valence-electron chi connectivity index (χ4n) is 0.827. The lowest BCUT2D eigenvalue weighted by Crippen LogP contribution is -2.18. The van der Waals surface area contributed by atoms with Crippen molar-refractivity contribution < 1.29 is 4.79 Å². The average Bonchev–Trinajstić information content (AvgIpc) is 2.04. The molecule has 0 aliphatic heterocycles. The number of nitrogens with two attached hydrogens (primary N) is 1. The molecular formula is C8H7ClN2OS. The minimum Gasteiger partial charge on any atom is -0.376 e. The van der Waals surface area contributed by atoms with Gasteiger partial charge in [0.1, 0.15) is 0 Å². The molecule has 0 aromatic heterocycles. The minimum atomic E-state index is -0.484. The zero-order valence-electron chi connectivity index (χ0n) is 6.58. The maximum atomic E-state index is 10.7. The van der Waals surface area contributed by atoms with Gasteiger partial charge in [-0.15, -0.1) is 0 Å². The van der Waals surface area contributed by atoms with E-state index in [2.05, 4.69) is 17.5 Å². The lowest BCUT2D eigenvalue weighted by molar-refractivity contribution is 0.108. The van der Waals surface area contributed by atoms with Gasteiger partial charge in [-0.1, -0.05) is 0 Å². The van der Waals surface area contributed by atoms with E-state index in [0.29, 0.717) is 5.56 Å². The molecular weight excluding hydrogens is 208 g/mol. The molecule has 5 heteroatoms. The highest BCUT2D eigenvalue weighted by Gasteiger charge is 2.00. The topological polar surface area (TPSA) is 55.1 Å². The average molecular weight is 215 g/mol. The van der Waals surface area contributed by atoms with Crippen LogP contribution in [0.2, 0.25) is 0 Å². The number of carbonyl (C=O) groups is 1. The van der Waals surface area contributed by atoms with Gasteiger partial charge in [0.05, 0.1) is 0 Å². The predicted molar refractivity (Wildman–Crippen MR) is 57.0 cm³/mol. The van der Waals surface area contributed by atoms with Gasteiger partial charge in [0.2, 0.25) is 0 Å². The summed E-state index contributed by atoms with van der Waals surface area (Å²) in [6.07, 6.45) is 0. The Hall–Kier alpha value is -1.13. The molecule has 0 amide bonds. The second kappa shape index (κ2) is 4.20. The molecule has 0 bridgehead atoms. The Morgan fingerprint density at radius 3 is 2.31 bits per heavy atom. The molecule has 1 aromatic rings. The van der Waals surface area contributed by atoms with Crippen molar-refractivity contribution in [3.63, 3.8) is 0 Å². The number of anilines is 1. The summed E-state index contributed by atoms with van der Waals surface area (Å²) in [5.74, 6) is 0. The summed E-state index contributed by atoms with van der Waals surface area (Å²) >= 11 is 9.89. The molecule has 1 aromatic carbocycles. The number of carbonyl (C=O) groups excluding carboxylic acids is 1. The normalized spacial score (nSPS) is 9.31. The summed E-state index contributed by atoms with van der Waals surface area (Å²) in [5, 5.41) is 2.43. The molecule has 0 saturated carbocycles. The fraction of sp³-hybridized carbons (Fsp3) is 0. The van der Waals surface area contributed by atoms with Crippen molar-refractivity contribution in [2.45, 2.75) is 0 Å². The summed E-state index contributed by atoms with van der Waals surface area (Å²) in [6, 6.07) is 6.54. The van der Waals surface area contributed by atoms with Gasteiger partial charge in [-0.05, 0) is 48.1 Å². The van der Waals surface area contributed by atoms with Crippen LogP contribution in [0.5, 0.6) is 0 Å². The van der Waals surface area contributed by atoms with Gasteiger partial charge >= 0.3 is 0 Å². The third-order valence-corrected chi connectivity index (χ3v) is 1.70. The number of hydrogen-bond acceptors (Lipinski definition) is 2. The Bertz CT molecular complexity index is 337. The van der Waals surface area contributed by atoms with Gasteiger partial charge in [0.25, 0.3) is 5.24 Å². The zero-order valence-corrected chi connectivity index (χ0v) is 8.15. The lowest BCUT2D eigenvalue weighted by Gasteiger charge is -2.02. The van der Waals surface area contributed by atoms with Crippen LogP contribution in [-0.4, -0.2) is 10.4 Å².